The summed E-state index contributed by atoms with van der Waals surface area (Å²) in [6.45, 7) is 5.90. The molecular weight excluding hydrogens is 236 g/mol. The van der Waals surface area contributed by atoms with Gasteiger partial charge in [0.1, 0.15) is 0 Å². The Kier molecular flexibility index (Phi) is 3.53. The summed E-state index contributed by atoms with van der Waals surface area (Å²) in [4.78, 5) is 10.7. The smallest absolute Gasteiger partial charge is 0.311 e. The van der Waals surface area contributed by atoms with Gasteiger partial charge in [-0.25, -0.2) is 0 Å². The van der Waals surface area contributed by atoms with Crippen molar-refractivity contribution in [2.24, 2.45) is 0 Å². The summed E-state index contributed by atoms with van der Waals surface area (Å²) in [6.07, 6.45) is 0. The van der Waals surface area contributed by atoms with E-state index in [0.717, 1.165) is 0 Å². The summed E-state index contributed by atoms with van der Waals surface area (Å²) in [5.41, 5.74) is 0.308. The molecular formula is C11H14N2O3Si. The Morgan fingerprint density at radius 3 is 2.35 bits per heavy atom. The summed E-state index contributed by atoms with van der Waals surface area (Å²) in [5, 5.41) is 20.8. The molecule has 5 nitrogen and oxygen atoms in total. The SMILES string of the molecule is COc1ccc(C#N)c([Si](C)(C)C)c1[N+](=O)[O-]. The number of methoxy groups -OCH3 is 1. The molecule has 0 aliphatic carbocycles. The Bertz CT molecular complexity index is 501. The molecule has 0 aromatic heterocycles. The summed E-state index contributed by atoms with van der Waals surface area (Å²) < 4.78 is 5.01. The van der Waals surface area contributed by atoms with E-state index in [4.69, 9.17) is 10.00 Å². The lowest BCUT2D eigenvalue weighted by Gasteiger charge is -2.19. The number of benzene rings is 1. The second-order valence-corrected chi connectivity index (χ2v) is 9.66. The molecule has 1 aromatic rings. The molecule has 17 heavy (non-hydrogen) atoms. The van der Waals surface area contributed by atoms with Gasteiger partial charge < -0.3 is 4.74 Å². The third kappa shape index (κ3) is 2.45. The topological polar surface area (TPSA) is 76.2 Å². The highest BCUT2D eigenvalue weighted by molar-refractivity contribution is 6.90. The van der Waals surface area contributed by atoms with E-state index in [-0.39, 0.29) is 11.4 Å². The second-order valence-electron chi connectivity index (χ2n) is 4.66. The van der Waals surface area contributed by atoms with Crippen LogP contribution in [0.2, 0.25) is 19.6 Å². The lowest BCUT2D eigenvalue weighted by molar-refractivity contribution is -0.384. The van der Waals surface area contributed by atoms with Gasteiger partial charge in [-0.05, 0) is 12.1 Å². The predicted molar refractivity (Wildman–Crippen MR) is 67.3 cm³/mol. The summed E-state index contributed by atoms with van der Waals surface area (Å²) in [7, 11) is -0.607. The minimum atomic E-state index is -2.00. The highest BCUT2D eigenvalue weighted by Gasteiger charge is 2.33. The maximum Gasteiger partial charge on any atom is 0.311 e. The Hall–Kier alpha value is -1.87. The fourth-order valence-electron chi connectivity index (χ4n) is 1.77. The van der Waals surface area contributed by atoms with Gasteiger partial charge in [-0.1, -0.05) is 19.6 Å². The highest BCUT2D eigenvalue weighted by atomic mass is 28.3. The van der Waals surface area contributed by atoms with Crippen molar-refractivity contribution >= 4 is 18.9 Å². The van der Waals surface area contributed by atoms with E-state index in [1.165, 1.54) is 13.2 Å². The predicted octanol–water partition coefficient (Wildman–Crippen LogP) is 2.02. The third-order valence-corrected chi connectivity index (χ3v) is 4.42. The molecule has 0 unspecified atom stereocenters. The molecule has 0 aliphatic rings. The zero-order chi connectivity index (χ0) is 13.2. The Labute approximate surface area is 101 Å². The summed E-state index contributed by atoms with van der Waals surface area (Å²) in [5.74, 6) is 0.214. The van der Waals surface area contributed by atoms with Crippen LogP contribution in [0.5, 0.6) is 5.75 Å². The van der Waals surface area contributed by atoms with E-state index in [1.807, 2.05) is 25.7 Å². The maximum absolute atomic E-state index is 11.2. The molecule has 1 aromatic carbocycles. The molecule has 6 heteroatoms. The van der Waals surface area contributed by atoms with Gasteiger partial charge in [0.15, 0.2) is 5.75 Å². The minimum Gasteiger partial charge on any atom is -0.490 e. The molecule has 0 aliphatic heterocycles. The van der Waals surface area contributed by atoms with Crippen LogP contribution < -0.4 is 9.92 Å². The lowest BCUT2D eigenvalue weighted by Crippen LogP contribution is -2.41. The molecule has 0 saturated heterocycles. The van der Waals surface area contributed by atoms with E-state index in [9.17, 15) is 10.1 Å². The number of nitrogens with zero attached hydrogens (tertiary/aromatic N) is 2. The molecule has 0 radical (unpaired) electrons. The van der Waals surface area contributed by atoms with Crippen molar-refractivity contribution in [2.45, 2.75) is 19.6 Å². The van der Waals surface area contributed by atoms with Crippen LogP contribution in [0.1, 0.15) is 5.56 Å². The van der Waals surface area contributed by atoms with Gasteiger partial charge in [-0.2, -0.15) is 5.26 Å². The van der Waals surface area contributed by atoms with Gasteiger partial charge >= 0.3 is 5.69 Å². The number of nitriles is 1. The monoisotopic (exact) mass is 250 g/mol. The van der Waals surface area contributed by atoms with Gasteiger partial charge in [0.05, 0.1) is 31.7 Å². The second kappa shape index (κ2) is 4.55. The van der Waals surface area contributed by atoms with Crippen LogP contribution in [0.3, 0.4) is 0 Å². The van der Waals surface area contributed by atoms with Crippen LogP contribution in [0.15, 0.2) is 12.1 Å². The first kappa shape index (κ1) is 13.2. The molecule has 1 rings (SSSR count). The molecule has 0 heterocycles. The van der Waals surface area contributed by atoms with Crippen LogP contribution in [0.25, 0.3) is 0 Å². The average molecular weight is 250 g/mol. The quantitative estimate of drug-likeness (QED) is 0.467. The van der Waals surface area contributed by atoms with Crippen molar-refractivity contribution in [3.05, 3.63) is 27.8 Å². The van der Waals surface area contributed by atoms with Crippen molar-refractivity contribution in [2.75, 3.05) is 7.11 Å². The third-order valence-electron chi connectivity index (χ3n) is 2.41. The summed E-state index contributed by atoms with van der Waals surface area (Å²) in [6, 6.07) is 5.08. The van der Waals surface area contributed by atoms with Crippen molar-refractivity contribution in [1.82, 2.24) is 0 Å². The standard InChI is InChI=1S/C11H14N2O3Si/c1-16-9-6-5-8(7-12)11(17(2,3)4)10(9)13(14)15/h5-6H,1-4H3. The van der Waals surface area contributed by atoms with Gasteiger partial charge in [0.25, 0.3) is 0 Å². The molecule has 0 atom stereocenters. The fourth-order valence-corrected chi connectivity index (χ4v) is 3.64. The van der Waals surface area contributed by atoms with Crippen LogP contribution in [-0.2, 0) is 0 Å². The number of hydrogen-bond donors (Lipinski definition) is 0. The van der Waals surface area contributed by atoms with Crippen molar-refractivity contribution < 1.29 is 9.66 Å². The van der Waals surface area contributed by atoms with E-state index >= 15 is 0 Å². The van der Waals surface area contributed by atoms with E-state index in [1.54, 1.807) is 6.07 Å². The zero-order valence-corrected chi connectivity index (χ0v) is 11.3. The first-order valence-corrected chi connectivity index (χ1v) is 8.59. The molecule has 0 bridgehead atoms. The highest BCUT2D eigenvalue weighted by Crippen LogP contribution is 2.28. The van der Waals surface area contributed by atoms with Crippen LogP contribution in [0.4, 0.5) is 5.69 Å². The Morgan fingerprint density at radius 2 is 2.00 bits per heavy atom. The minimum absolute atomic E-state index is 0.0642. The number of hydrogen-bond acceptors (Lipinski definition) is 4. The van der Waals surface area contributed by atoms with Gasteiger partial charge in [-0.15, -0.1) is 0 Å². The molecule has 0 saturated carbocycles. The van der Waals surface area contributed by atoms with Crippen LogP contribution >= 0.6 is 0 Å². The van der Waals surface area contributed by atoms with Crippen molar-refractivity contribution in [3.63, 3.8) is 0 Å². The van der Waals surface area contributed by atoms with Crippen molar-refractivity contribution in [1.29, 1.82) is 5.26 Å². The maximum atomic E-state index is 11.2. The van der Waals surface area contributed by atoms with Gasteiger partial charge in [0, 0.05) is 5.19 Å². The molecule has 90 valence electrons. The lowest BCUT2D eigenvalue weighted by atomic mass is 10.2. The number of nitro groups is 1. The summed E-state index contributed by atoms with van der Waals surface area (Å²) >= 11 is 0. The molecule has 0 N–H and O–H groups in total. The van der Waals surface area contributed by atoms with E-state index in [0.29, 0.717) is 10.8 Å². The number of rotatable bonds is 3. The molecule has 0 fully saturated rings. The first-order valence-electron chi connectivity index (χ1n) is 5.09. The van der Waals surface area contributed by atoms with E-state index < -0.39 is 13.0 Å². The van der Waals surface area contributed by atoms with Gasteiger partial charge in [0.2, 0.25) is 0 Å². The molecule has 0 amide bonds. The average Bonchev–Trinajstić information content (AvgIpc) is 2.25. The normalized spacial score (nSPS) is 10.8. The first-order chi connectivity index (χ1) is 7.82. The van der Waals surface area contributed by atoms with Crippen LogP contribution in [0, 0.1) is 21.4 Å². The molecule has 0 spiro atoms. The Morgan fingerprint density at radius 1 is 1.41 bits per heavy atom. The zero-order valence-electron chi connectivity index (χ0n) is 10.3. The fraction of sp³-hybridized carbons (Fsp3) is 0.364. The van der Waals surface area contributed by atoms with Gasteiger partial charge in [-0.3, -0.25) is 10.1 Å². The Balaban J connectivity index is 3.73. The largest absolute Gasteiger partial charge is 0.490 e. The number of ether oxygens (including phenoxy) is 1. The van der Waals surface area contributed by atoms with Crippen LogP contribution in [-0.4, -0.2) is 20.1 Å². The van der Waals surface area contributed by atoms with E-state index in [2.05, 4.69) is 0 Å². The van der Waals surface area contributed by atoms with Crippen molar-refractivity contribution in [3.8, 4) is 11.8 Å². The number of nitro benzene ring substituents is 1.